The van der Waals surface area contributed by atoms with Crippen molar-refractivity contribution < 1.29 is 97.3 Å². The first-order valence-electron chi connectivity index (χ1n) is 12.2. The van der Waals surface area contributed by atoms with Gasteiger partial charge in [-0.15, -0.1) is 5.10 Å². The number of carbonyl (C=O) groups is 1. The van der Waals surface area contributed by atoms with Gasteiger partial charge in [-0.05, 0) is 17.7 Å². The molecular weight excluding hydrogens is 794 g/mol. The summed E-state index contributed by atoms with van der Waals surface area (Å²) >= 11 is 5.77. The molecule has 0 saturated heterocycles. The maximum atomic E-state index is 14.5. The van der Waals surface area contributed by atoms with Crippen LogP contribution in [0.1, 0.15) is 15.9 Å². The summed E-state index contributed by atoms with van der Waals surface area (Å²) in [6.07, 6.45) is -20.5. The van der Waals surface area contributed by atoms with Gasteiger partial charge in [0.2, 0.25) is 5.91 Å². The van der Waals surface area contributed by atoms with Crippen molar-refractivity contribution in [2.24, 2.45) is 12.8 Å². The smallest absolute Gasteiger partial charge is 0.408 e. The van der Waals surface area contributed by atoms with Gasteiger partial charge in [-0.25, -0.2) is 9.36 Å². The number of ether oxygens (including phenoxy) is 1. The number of carbonyl (C=O) groups excluding carboxylic acids is 1. The second-order valence-electron chi connectivity index (χ2n) is 9.92. The molecule has 286 valence electrons. The van der Waals surface area contributed by atoms with E-state index in [2.05, 4.69) is 14.9 Å². The van der Waals surface area contributed by atoms with Crippen LogP contribution in [0.25, 0.3) is 16.9 Å². The summed E-state index contributed by atoms with van der Waals surface area (Å²) in [5.74, 6) is -58.1. The molecule has 0 atom stereocenters. The largest absolute Gasteiger partial charge is 0.472 e. The molecule has 1 aromatic carbocycles. The number of benzene rings is 1. The molecule has 28 heteroatoms. The number of amides is 1. The Hall–Kier alpha value is -4.20. The lowest BCUT2D eigenvalue weighted by Crippen LogP contribution is -2.74. The summed E-state index contributed by atoms with van der Waals surface area (Å²) < 4.78 is 276. The van der Waals surface area contributed by atoms with E-state index in [0.717, 1.165) is 18.2 Å². The van der Waals surface area contributed by atoms with Crippen LogP contribution in [0.4, 0.5) is 87.8 Å². The number of aryl methyl sites for hydroxylation is 1. The number of rotatable bonds is 11. The van der Waals surface area contributed by atoms with Crippen molar-refractivity contribution in [3.05, 3.63) is 46.7 Å². The molecule has 0 bridgehead atoms. The van der Waals surface area contributed by atoms with Crippen molar-refractivity contribution in [1.29, 1.82) is 0 Å². The second-order valence-corrected chi connectivity index (χ2v) is 10.3. The summed E-state index contributed by atoms with van der Waals surface area (Å²) in [6, 6.07) is 3.16. The normalized spacial score (nSPS) is 14.6. The standard InChI is InChI=1S/C23H10ClF20N5O2/c1-48-14(49-6-8(5-46-49)7-2-3-10(24)9(4-7)12(45)50)11(15(25,26)27)13(47-48)51-23(43,44)21(38,39)19(34,35)17(30,31)16(28,29)18(32,33)20(36,37)22(40,41)42/h2-6H,1H3,(H2,45,50). The molecule has 2 aromatic heterocycles. The maximum Gasteiger partial charge on any atom is 0.472 e. The van der Waals surface area contributed by atoms with Crippen LogP contribution >= 0.6 is 11.6 Å². The van der Waals surface area contributed by atoms with Crippen LogP contribution in [0.3, 0.4) is 0 Å². The first-order valence-corrected chi connectivity index (χ1v) is 12.6. The van der Waals surface area contributed by atoms with E-state index in [1.54, 1.807) is 0 Å². The van der Waals surface area contributed by atoms with Gasteiger partial charge >= 0.3 is 54.0 Å². The second kappa shape index (κ2) is 11.9. The van der Waals surface area contributed by atoms with E-state index in [4.69, 9.17) is 17.3 Å². The third kappa shape index (κ3) is 6.12. The third-order valence-electron chi connectivity index (χ3n) is 6.55. The van der Waals surface area contributed by atoms with Crippen molar-refractivity contribution in [2.75, 3.05) is 0 Å². The number of halogens is 21. The zero-order valence-electron chi connectivity index (χ0n) is 23.5. The number of nitrogens with zero attached hydrogens (tertiary/aromatic N) is 4. The molecule has 2 N–H and O–H groups in total. The fraction of sp³-hybridized carbons (Fsp3) is 0.435. The highest BCUT2D eigenvalue weighted by Crippen LogP contribution is 2.64. The van der Waals surface area contributed by atoms with Crippen molar-refractivity contribution in [3.8, 4) is 22.8 Å². The van der Waals surface area contributed by atoms with Crippen molar-refractivity contribution >= 4 is 17.5 Å². The number of hydrogen-bond donors (Lipinski definition) is 1. The highest BCUT2D eigenvalue weighted by molar-refractivity contribution is 6.33. The number of alkyl halides is 20. The average molecular weight is 804 g/mol. The third-order valence-corrected chi connectivity index (χ3v) is 6.88. The monoisotopic (exact) mass is 803 g/mol. The molecule has 2 heterocycles. The van der Waals surface area contributed by atoms with Gasteiger partial charge in [0.15, 0.2) is 11.4 Å². The molecule has 51 heavy (non-hydrogen) atoms. The SMILES string of the molecule is Cn1nc(OC(F)(F)C(F)(F)C(F)(F)C(F)(F)C(F)(F)C(F)(F)C(F)(F)C(F)(F)F)c(C(F)(F)F)c1-n1cc(-c2ccc(Cl)c(C(N)=O)c2)cn1. The fourth-order valence-electron chi connectivity index (χ4n) is 3.89. The van der Waals surface area contributed by atoms with Gasteiger partial charge in [-0.2, -0.15) is 92.9 Å². The molecule has 3 rings (SSSR count). The van der Waals surface area contributed by atoms with E-state index in [1.165, 1.54) is 0 Å². The first-order chi connectivity index (χ1) is 22.5. The molecule has 0 aliphatic rings. The minimum absolute atomic E-state index is 0.0685. The van der Waals surface area contributed by atoms with Gasteiger partial charge in [0, 0.05) is 18.8 Å². The Bertz CT molecular complexity index is 1810. The van der Waals surface area contributed by atoms with E-state index in [0.29, 0.717) is 19.4 Å². The molecule has 3 aromatic rings. The average Bonchev–Trinajstić information content (AvgIpc) is 3.55. The minimum atomic E-state index is -8.99. The van der Waals surface area contributed by atoms with Crippen LogP contribution < -0.4 is 10.5 Å². The van der Waals surface area contributed by atoms with Crippen LogP contribution in [0.15, 0.2) is 30.6 Å². The number of aromatic nitrogens is 4. The molecule has 0 unspecified atom stereocenters. The lowest BCUT2D eigenvalue weighted by atomic mass is 9.90. The topological polar surface area (TPSA) is 88.0 Å². The van der Waals surface area contributed by atoms with Gasteiger partial charge < -0.3 is 10.5 Å². The predicted molar refractivity (Wildman–Crippen MR) is 126 cm³/mol. The molecule has 0 aliphatic carbocycles. The first kappa shape index (κ1) is 41.2. The van der Waals surface area contributed by atoms with Gasteiger partial charge in [0.25, 0.3) is 5.88 Å². The molecule has 7 nitrogen and oxygen atoms in total. The molecule has 0 aliphatic heterocycles. The van der Waals surface area contributed by atoms with Gasteiger partial charge in [-0.1, -0.05) is 17.7 Å². The zero-order valence-corrected chi connectivity index (χ0v) is 24.3. The van der Waals surface area contributed by atoms with Gasteiger partial charge in [-0.3, -0.25) is 4.79 Å². The molecule has 1 amide bonds. The number of hydrogen-bond acceptors (Lipinski definition) is 4. The summed E-state index contributed by atoms with van der Waals surface area (Å²) in [6.45, 7) is 0. The highest BCUT2D eigenvalue weighted by atomic mass is 35.5. The fourth-order valence-corrected chi connectivity index (χ4v) is 4.10. The summed E-state index contributed by atoms with van der Waals surface area (Å²) in [7, 11) is 0.384. The van der Waals surface area contributed by atoms with E-state index in [1.807, 2.05) is 0 Å². The van der Waals surface area contributed by atoms with Gasteiger partial charge in [0.05, 0.1) is 16.8 Å². The predicted octanol–water partition coefficient (Wildman–Crippen LogP) is 8.39. The summed E-state index contributed by atoms with van der Waals surface area (Å²) in [5.41, 5.74) is 1.65. The highest BCUT2D eigenvalue weighted by Gasteiger charge is 2.96. The van der Waals surface area contributed by atoms with Crippen LogP contribution in [0.5, 0.6) is 5.88 Å². The summed E-state index contributed by atoms with van der Waals surface area (Å²) in [4.78, 5) is 11.5. The lowest BCUT2D eigenvalue weighted by molar-refractivity contribution is -0.471. The number of nitrogens with two attached hydrogens (primary N) is 1. The molecule has 0 spiro atoms. The molecule has 0 radical (unpaired) electrons. The van der Waals surface area contributed by atoms with E-state index >= 15 is 0 Å². The van der Waals surface area contributed by atoms with E-state index < -0.39 is 77.2 Å². The van der Waals surface area contributed by atoms with Crippen molar-refractivity contribution in [2.45, 2.75) is 54.0 Å². The summed E-state index contributed by atoms with van der Waals surface area (Å²) in [5, 5.41) is 5.77. The Morgan fingerprint density at radius 1 is 0.725 bits per heavy atom. The van der Waals surface area contributed by atoms with Crippen LogP contribution in [-0.4, -0.2) is 73.3 Å². The maximum absolute atomic E-state index is 14.5. The van der Waals surface area contributed by atoms with E-state index in [-0.39, 0.29) is 31.1 Å². The quantitative estimate of drug-likeness (QED) is 0.198. The lowest BCUT2D eigenvalue weighted by Gasteiger charge is -2.42. The zero-order chi connectivity index (χ0) is 39.9. The Balaban J connectivity index is 2.14. The number of primary amides is 1. The Labute approximate surface area is 271 Å². The van der Waals surface area contributed by atoms with Crippen LogP contribution in [0, 0.1) is 0 Å². The van der Waals surface area contributed by atoms with Crippen LogP contribution in [0.2, 0.25) is 5.02 Å². The molecule has 0 saturated carbocycles. The van der Waals surface area contributed by atoms with Crippen molar-refractivity contribution in [3.63, 3.8) is 0 Å². The Kier molecular flexibility index (Phi) is 9.64. The minimum Gasteiger partial charge on any atom is -0.408 e. The van der Waals surface area contributed by atoms with E-state index in [9.17, 15) is 92.6 Å². The molecule has 0 fully saturated rings. The van der Waals surface area contributed by atoms with Crippen molar-refractivity contribution in [1.82, 2.24) is 19.6 Å². The Morgan fingerprint density at radius 3 is 1.65 bits per heavy atom. The van der Waals surface area contributed by atoms with Gasteiger partial charge in [0.1, 0.15) is 0 Å². The Morgan fingerprint density at radius 2 is 1.20 bits per heavy atom. The van der Waals surface area contributed by atoms with Crippen LogP contribution in [-0.2, 0) is 13.2 Å². The molecular formula is C23H10ClF20N5O2.